The number of carbonyl (C=O) groups is 1. The SMILES string of the molecule is CCCc1cc(BOC(C)(C)C(C)(C)O)cc(OC)c1C(=O)NCC(F)(F)F. The van der Waals surface area contributed by atoms with Crippen LogP contribution in [-0.4, -0.2) is 49.5 Å². The van der Waals surface area contributed by atoms with Gasteiger partial charge in [0.25, 0.3) is 5.91 Å². The van der Waals surface area contributed by atoms with Crippen LogP contribution in [0.15, 0.2) is 12.1 Å². The van der Waals surface area contributed by atoms with Crippen molar-refractivity contribution < 1.29 is 32.5 Å². The Morgan fingerprint density at radius 1 is 1.21 bits per heavy atom. The third kappa shape index (κ3) is 6.70. The van der Waals surface area contributed by atoms with Crippen molar-refractivity contribution in [2.45, 2.75) is 64.8 Å². The Labute approximate surface area is 164 Å². The number of aryl methyl sites for hydroxylation is 1. The van der Waals surface area contributed by atoms with Crippen LogP contribution in [0.5, 0.6) is 5.75 Å². The lowest BCUT2D eigenvalue weighted by Gasteiger charge is -2.37. The normalized spacial score (nSPS) is 12.6. The molecule has 1 aromatic carbocycles. The predicted molar refractivity (Wildman–Crippen MR) is 104 cm³/mol. The lowest BCUT2D eigenvalue weighted by molar-refractivity contribution is -0.123. The second-order valence-electron chi connectivity index (χ2n) is 7.74. The Bertz CT molecular complexity index is 685. The summed E-state index contributed by atoms with van der Waals surface area (Å²) in [5.74, 6) is -0.646. The highest BCUT2D eigenvalue weighted by Crippen LogP contribution is 2.26. The van der Waals surface area contributed by atoms with E-state index in [0.717, 1.165) is 0 Å². The van der Waals surface area contributed by atoms with Crippen molar-refractivity contribution in [3.05, 3.63) is 23.3 Å². The second-order valence-corrected chi connectivity index (χ2v) is 7.74. The number of ether oxygens (including phenoxy) is 1. The minimum Gasteiger partial charge on any atom is -0.496 e. The molecule has 0 radical (unpaired) electrons. The fraction of sp³-hybridized carbons (Fsp3) is 0.632. The molecular weight excluding hydrogens is 374 g/mol. The Hall–Kier alpha value is -1.74. The first-order chi connectivity index (χ1) is 12.7. The summed E-state index contributed by atoms with van der Waals surface area (Å²) in [6.07, 6.45) is -3.31. The van der Waals surface area contributed by atoms with E-state index in [1.807, 2.05) is 12.2 Å². The van der Waals surface area contributed by atoms with E-state index in [1.54, 1.807) is 39.8 Å². The lowest BCUT2D eigenvalue weighted by Crippen LogP contribution is -2.49. The predicted octanol–water partition coefficient (Wildman–Crippen LogP) is 2.48. The van der Waals surface area contributed by atoms with Gasteiger partial charge in [-0.15, -0.1) is 0 Å². The minimum absolute atomic E-state index is 0.0964. The summed E-state index contributed by atoms with van der Waals surface area (Å²) >= 11 is 0. The van der Waals surface area contributed by atoms with E-state index in [4.69, 9.17) is 9.39 Å². The Morgan fingerprint density at radius 3 is 2.29 bits per heavy atom. The van der Waals surface area contributed by atoms with E-state index in [1.165, 1.54) is 7.11 Å². The fourth-order valence-electron chi connectivity index (χ4n) is 2.41. The van der Waals surface area contributed by atoms with Crippen LogP contribution in [0, 0.1) is 0 Å². The molecule has 0 fully saturated rings. The van der Waals surface area contributed by atoms with Gasteiger partial charge in [-0.1, -0.05) is 19.4 Å². The molecule has 28 heavy (non-hydrogen) atoms. The molecule has 0 saturated carbocycles. The number of hydrogen-bond acceptors (Lipinski definition) is 4. The topological polar surface area (TPSA) is 67.8 Å². The lowest BCUT2D eigenvalue weighted by atomic mass is 9.80. The van der Waals surface area contributed by atoms with E-state index in [0.29, 0.717) is 23.9 Å². The third-order valence-corrected chi connectivity index (χ3v) is 4.73. The highest BCUT2D eigenvalue weighted by Gasteiger charge is 2.36. The third-order valence-electron chi connectivity index (χ3n) is 4.73. The zero-order valence-electron chi connectivity index (χ0n) is 17.3. The molecule has 0 aromatic heterocycles. The summed E-state index contributed by atoms with van der Waals surface area (Å²) in [5.41, 5.74) is -0.542. The molecule has 2 N–H and O–H groups in total. The number of amides is 1. The van der Waals surface area contributed by atoms with Gasteiger partial charge in [-0.3, -0.25) is 4.79 Å². The molecule has 5 nitrogen and oxygen atoms in total. The molecule has 1 aromatic rings. The first-order valence-electron chi connectivity index (χ1n) is 9.13. The molecule has 158 valence electrons. The van der Waals surface area contributed by atoms with Crippen LogP contribution in [0.25, 0.3) is 0 Å². The summed E-state index contributed by atoms with van der Waals surface area (Å²) in [6.45, 7) is 7.30. The molecule has 0 saturated heterocycles. The van der Waals surface area contributed by atoms with E-state index in [2.05, 4.69) is 0 Å². The van der Waals surface area contributed by atoms with Gasteiger partial charge in [-0.05, 0) is 51.2 Å². The van der Waals surface area contributed by atoms with Crippen LogP contribution in [0.3, 0.4) is 0 Å². The molecule has 0 bridgehead atoms. The molecule has 1 rings (SSSR count). The number of hydrogen-bond donors (Lipinski definition) is 2. The molecule has 0 aliphatic rings. The summed E-state index contributed by atoms with van der Waals surface area (Å²) in [4.78, 5) is 12.4. The van der Waals surface area contributed by atoms with Crippen LogP contribution in [0.4, 0.5) is 13.2 Å². The molecule has 0 atom stereocenters. The summed E-state index contributed by atoms with van der Waals surface area (Å²) in [7, 11) is 1.51. The molecule has 0 spiro atoms. The molecular formula is C19H29BF3NO4. The zero-order chi connectivity index (χ0) is 21.8. The summed E-state index contributed by atoms with van der Waals surface area (Å²) in [6, 6.07) is 3.30. The largest absolute Gasteiger partial charge is 0.496 e. The molecule has 0 unspecified atom stereocenters. The minimum atomic E-state index is -4.50. The van der Waals surface area contributed by atoms with Crippen molar-refractivity contribution in [3.8, 4) is 5.75 Å². The maximum absolute atomic E-state index is 12.5. The van der Waals surface area contributed by atoms with Crippen LogP contribution >= 0.6 is 0 Å². The van der Waals surface area contributed by atoms with Crippen molar-refractivity contribution in [2.75, 3.05) is 13.7 Å². The summed E-state index contributed by atoms with van der Waals surface area (Å²) in [5, 5.41) is 12.1. The van der Waals surface area contributed by atoms with Gasteiger partial charge in [0.15, 0.2) is 0 Å². The van der Waals surface area contributed by atoms with Crippen molar-refractivity contribution in [3.63, 3.8) is 0 Å². The standard InChI is InChI=1S/C19H29BF3NO4/c1-7-8-12-9-13(20-28-18(4,5)17(2,3)26)10-14(27-6)15(12)16(25)24-11-19(21,22)23/h9-10,20,26H,7-8,11H2,1-6H3,(H,24,25). The number of alkyl halides is 3. The van der Waals surface area contributed by atoms with Crippen LogP contribution in [0.1, 0.15) is 57.0 Å². The van der Waals surface area contributed by atoms with E-state index < -0.39 is 29.8 Å². The van der Waals surface area contributed by atoms with Gasteiger partial charge in [0.1, 0.15) is 12.3 Å². The number of aliphatic hydroxyl groups is 1. The van der Waals surface area contributed by atoms with E-state index >= 15 is 0 Å². The molecule has 9 heteroatoms. The van der Waals surface area contributed by atoms with Crippen LogP contribution in [0.2, 0.25) is 0 Å². The van der Waals surface area contributed by atoms with E-state index in [9.17, 15) is 23.1 Å². The Kier molecular flexibility index (Phi) is 7.96. The van der Waals surface area contributed by atoms with Crippen molar-refractivity contribution in [1.29, 1.82) is 0 Å². The first kappa shape index (κ1) is 24.3. The monoisotopic (exact) mass is 403 g/mol. The quantitative estimate of drug-likeness (QED) is 0.622. The van der Waals surface area contributed by atoms with Crippen LogP contribution < -0.4 is 15.5 Å². The second kappa shape index (κ2) is 9.18. The summed E-state index contributed by atoms with van der Waals surface area (Å²) < 4.78 is 48.5. The van der Waals surface area contributed by atoms with Gasteiger partial charge in [0.2, 0.25) is 0 Å². The number of nitrogens with one attached hydrogen (secondary N) is 1. The first-order valence-corrected chi connectivity index (χ1v) is 9.13. The average molecular weight is 403 g/mol. The van der Waals surface area contributed by atoms with Gasteiger partial charge < -0.3 is 19.8 Å². The molecule has 0 aliphatic heterocycles. The Morgan fingerprint density at radius 2 is 1.82 bits per heavy atom. The molecule has 0 heterocycles. The number of benzene rings is 1. The number of rotatable bonds is 9. The number of halogens is 3. The van der Waals surface area contributed by atoms with E-state index in [-0.39, 0.29) is 18.8 Å². The maximum Gasteiger partial charge on any atom is 0.405 e. The number of methoxy groups -OCH3 is 1. The van der Waals surface area contributed by atoms with Crippen molar-refractivity contribution in [1.82, 2.24) is 5.32 Å². The van der Waals surface area contributed by atoms with Crippen LogP contribution in [-0.2, 0) is 11.1 Å². The molecule has 0 aliphatic carbocycles. The highest BCUT2D eigenvalue weighted by molar-refractivity contribution is 6.47. The maximum atomic E-state index is 12.5. The smallest absolute Gasteiger partial charge is 0.405 e. The Balaban J connectivity index is 3.18. The van der Waals surface area contributed by atoms with Crippen molar-refractivity contribution >= 4 is 18.9 Å². The van der Waals surface area contributed by atoms with Gasteiger partial charge in [-0.25, -0.2) is 0 Å². The van der Waals surface area contributed by atoms with Gasteiger partial charge in [0.05, 0.1) is 23.9 Å². The van der Waals surface area contributed by atoms with Crippen molar-refractivity contribution in [2.24, 2.45) is 0 Å². The zero-order valence-corrected chi connectivity index (χ0v) is 17.3. The van der Waals surface area contributed by atoms with Gasteiger partial charge in [0, 0.05) is 0 Å². The highest BCUT2D eigenvalue weighted by atomic mass is 19.4. The molecule has 1 amide bonds. The van der Waals surface area contributed by atoms with Gasteiger partial charge >= 0.3 is 13.7 Å². The average Bonchev–Trinajstić information content (AvgIpc) is 2.56. The van der Waals surface area contributed by atoms with Gasteiger partial charge in [-0.2, -0.15) is 13.2 Å². The fourth-order valence-corrected chi connectivity index (χ4v) is 2.41. The number of carbonyl (C=O) groups excluding carboxylic acids is 1.